The summed E-state index contributed by atoms with van der Waals surface area (Å²) < 4.78 is 12.3. The molecule has 0 N–H and O–H groups in total. The highest BCUT2D eigenvalue weighted by atomic mass is 16.3. The van der Waals surface area contributed by atoms with E-state index in [1.807, 2.05) is 12.3 Å². The van der Waals surface area contributed by atoms with Crippen LogP contribution in [0.5, 0.6) is 0 Å². The molecule has 0 radical (unpaired) electrons. The number of benzene rings is 9. The van der Waals surface area contributed by atoms with Gasteiger partial charge in [0.1, 0.15) is 11.2 Å². The first-order valence-corrected chi connectivity index (χ1v) is 17.7. The van der Waals surface area contributed by atoms with E-state index in [1.54, 1.807) is 6.26 Å². The van der Waals surface area contributed by atoms with E-state index in [0.717, 1.165) is 33.1 Å². The maximum Gasteiger partial charge on any atom is 0.136 e. The first-order chi connectivity index (χ1) is 25.8. The van der Waals surface area contributed by atoms with Gasteiger partial charge in [-0.05, 0) is 101 Å². The summed E-state index contributed by atoms with van der Waals surface area (Å²) in [4.78, 5) is 0. The molecule has 0 aliphatic rings. The number of rotatable bonds is 4. The summed E-state index contributed by atoms with van der Waals surface area (Å²) in [5, 5.41) is 12.0. The van der Waals surface area contributed by atoms with Crippen LogP contribution in [0.25, 0.3) is 110 Å². The Kier molecular flexibility index (Phi) is 6.28. The zero-order valence-electron chi connectivity index (χ0n) is 28.1. The zero-order valence-corrected chi connectivity index (χ0v) is 28.1. The number of fused-ring (bicyclic) bond motifs is 7. The normalized spacial score (nSPS) is 11.8. The topological polar surface area (TPSA) is 26.3 Å². The number of hydrogen-bond acceptors (Lipinski definition) is 2. The molecular formula is C50H30O2. The van der Waals surface area contributed by atoms with Crippen LogP contribution in [0.1, 0.15) is 0 Å². The Morgan fingerprint density at radius 2 is 0.808 bits per heavy atom. The Morgan fingerprint density at radius 3 is 1.35 bits per heavy atom. The smallest absolute Gasteiger partial charge is 0.136 e. The standard InChI is InChI=1S/C50H30O2/c1-2-13-31(14-3-1)46-38-19-8-10-21-40(38)49(41-22-11-9-20-39(41)46)43-23-12-24-44-50(43)42-26-25-32(29-45(42)52-44)47-34-15-4-6-17-36(34)48(33-27-28-51-30-33)37-18-7-5-16-35(37)47/h1-30H. The molecule has 2 nitrogen and oxygen atoms in total. The largest absolute Gasteiger partial charge is 0.472 e. The summed E-state index contributed by atoms with van der Waals surface area (Å²) in [6.07, 6.45) is 3.59. The van der Waals surface area contributed by atoms with Crippen LogP contribution >= 0.6 is 0 Å². The Balaban J connectivity index is 1.19. The van der Waals surface area contributed by atoms with Crippen molar-refractivity contribution in [1.29, 1.82) is 0 Å². The summed E-state index contributed by atoms with van der Waals surface area (Å²) in [5.74, 6) is 0. The number of furan rings is 2. The summed E-state index contributed by atoms with van der Waals surface area (Å²) in [6.45, 7) is 0. The average molecular weight is 663 g/mol. The SMILES string of the molecule is c1ccc(-c2c3ccccc3c(-c3cccc4oc5cc(-c6c7ccccc7c(-c7ccoc7)c7ccccc67)ccc5c34)c3ccccc23)cc1. The molecule has 2 aromatic heterocycles. The van der Waals surface area contributed by atoms with Crippen molar-refractivity contribution in [2.45, 2.75) is 0 Å². The lowest BCUT2D eigenvalue weighted by Crippen LogP contribution is -1.91. The third-order valence-corrected chi connectivity index (χ3v) is 10.8. The van der Waals surface area contributed by atoms with E-state index in [0.29, 0.717) is 0 Å². The van der Waals surface area contributed by atoms with Gasteiger partial charge in [-0.3, -0.25) is 0 Å². The van der Waals surface area contributed by atoms with Crippen molar-refractivity contribution in [1.82, 2.24) is 0 Å². The van der Waals surface area contributed by atoms with Gasteiger partial charge in [0.2, 0.25) is 0 Å². The van der Waals surface area contributed by atoms with Crippen LogP contribution in [-0.2, 0) is 0 Å². The monoisotopic (exact) mass is 662 g/mol. The lowest BCUT2D eigenvalue weighted by molar-refractivity contribution is 0.568. The van der Waals surface area contributed by atoms with Gasteiger partial charge in [-0.25, -0.2) is 0 Å². The lowest BCUT2D eigenvalue weighted by Gasteiger charge is -2.18. The molecule has 2 heteroatoms. The van der Waals surface area contributed by atoms with Crippen molar-refractivity contribution in [3.05, 3.63) is 182 Å². The van der Waals surface area contributed by atoms with Gasteiger partial charge in [0, 0.05) is 21.9 Å². The van der Waals surface area contributed by atoms with E-state index in [4.69, 9.17) is 8.83 Å². The van der Waals surface area contributed by atoms with Crippen molar-refractivity contribution in [2.24, 2.45) is 0 Å². The summed E-state index contributed by atoms with van der Waals surface area (Å²) in [6, 6.07) is 61.2. The van der Waals surface area contributed by atoms with E-state index < -0.39 is 0 Å². The van der Waals surface area contributed by atoms with E-state index in [-0.39, 0.29) is 0 Å². The molecular weight excluding hydrogens is 633 g/mol. The third-order valence-electron chi connectivity index (χ3n) is 10.8. The van der Waals surface area contributed by atoms with Crippen LogP contribution in [0, 0.1) is 0 Å². The van der Waals surface area contributed by atoms with Gasteiger partial charge in [-0.2, -0.15) is 0 Å². The maximum atomic E-state index is 6.79. The van der Waals surface area contributed by atoms with Crippen LogP contribution in [0.3, 0.4) is 0 Å². The van der Waals surface area contributed by atoms with Gasteiger partial charge in [0.25, 0.3) is 0 Å². The van der Waals surface area contributed by atoms with Crippen molar-refractivity contribution >= 4 is 65.0 Å². The zero-order chi connectivity index (χ0) is 34.2. The lowest BCUT2D eigenvalue weighted by atomic mass is 9.84. The minimum absolute atomic E-state index is 0.876. The Morgan fingerprint density at radius 1 is 0.308 bits per heavy atom. The fourth-order valence-electron chi connectivity index (χ4n) is 8.68. The second kappa shape index (κ2) is 11.3. The molecule has 0 aliphatic heterocycles. The van der Waals surface area contributed by atoms with E-state index >= 15 is 0 Å². The molecule has 11 rings (SSSR count). The first-order valence-electron chi connectivity index (χ1n) is 17.7. The van der Waals surface area contributed by atoms with Crippen LogP contribution < -0.4 is 0 Å². The summed E-state index contributed by atoms with van der Waals surface area (Å²) in [7, 11) is 0. The van der Waals surface area contributed by atoms with E-state index in [2.05, 4.69) is 164 Å². The minimum Gasteiger partial charge on any atom is -0.472 e. The second-order valence-electron chi connectivity index (χ2n) is 13.6. The van der Waals surface area contributed by atoms with Crippen molar-refractivity contribution in [2.75, 3.05) is 0 Å². The highest BCUT2D eigenvalue weighted by Crippen LogP contribution is 2.48. The maximum absolute atomic E-state index is 6.79. The van der Waals surface area contributed by atoms with Crippen LogP contribution in [0.2, 0.25) is 0 Å². The summed E-state index contributed by atoms with van der Waals surface area (Å²) >= 11 is 0. The van der Waals surface area contributed by atoms with Crippen molar-refractivity contribution in [3.8, 4) is 44.5 Å². The van der Waals surface area contributed by atoms with Gasteiger partial charge in [-0.15, -0.1) is 0 Å². The molecule has 0 aliphatic carbocycles. The van der Waals surface area contributed by atoms with Crippen LogP contribution in [0.4, 0.5) is 0 Å². The summed E-state index contributed by atoms with van der Waals surface area (Å²) in [5.41, 5.74) is 11.3. The van der Waals surface area contributed by atoms with E-state index in [9.17, 15) is 0 Å². The molecule has 11 aromatic rings. The predicted molar refractivity (Wildman–Crippen MR) is 218 cm³/mol. The molecule has 9 aromatic carbocycles. The van der Waals surface area contributed by atoms with Gasteiger partial charge in [0.05, 0.1) is 12.5 Å². The molecule has 52 heavy (non-hydrogen) atoms. The van der Waals surface area contributed by atoms with Crippen LogP contribution in [0.15, 0.2) is 191 Å². The average Bonchev–Trinajstić information content (AvgIpc) is 3.87. The minimum atomic E-state index is 0.876. The highest BCUT2D eigenvalue weighted by Gasteiger charge is 2.22. The number of hydrogen-bond donors (Lipinski definition) is 0. The molecule has 0 amide bonds. The van der Waals surface area contributed by atoms with Crippen molar-refractivity contribution < 1.29 is 8.83 Å². The molecule has 0 saturated heterocycles. The molecule has 0 fully saturated rings. The van der Waals surface area contributed by atoms with Crippen molar-refractivity contribution in [3.63, 3.8) is 0 Å². The Hall–Kier alpha value is -6.90. The predicted octanol–water partition coefficient (Wildman–Crippen LogP) is 14.5. The molecule has 0 spiro atoms. The van der Waals surface area contributed by atoms with E-state index in [1.165, 1.54) is 76.5 Å². The third kappa shape index (κ3) is 4.19. The Labute approximate surface area is 299 Å². The molecule has 242 valence electrons. The molecule has 0 atom stereocenters. The van der Waals surface area contributed by atoms with Crippen LogP contribution in [-0.4, -0.2) is 0 Å². The first kappa shape index (κ1) is 28.9. The highest BCUT2D eigenvalue weighted by molar-refractivity contribution is 6.26. The second-order valence-corrected chi connectivity index (χ2v) is 13.6. The fraction of sp³-hybridized carbons (Fsp3) is 0. The molecule has 0 bridgehead atoms. The quantitative estimate of drug-likeness (QED) is 0.175. The van der Waals surface area contributed by atoms with Gasteiger partial charge in [-0.1, -0.05) is 146 Å². The Bertz CT molecular complexity index is 3050. The molecule has 0 unspecified atom stereocenters. The van der Waals surface area contributed by atoms with Gasteiger partial charge >= 0.3 is 0 Å². The van der Waals surface area contributed by atoms with Gasteiger partial charge in [0.15, 0.2) is 0 Å². The molecule has 2 heterocycles. The van der Waals surface area contributed by atoms with Gasteiger partial charge < -0.3 is 8.83 Å². The fourth-order valence-corrected chi connectivity index (χ4v) is 8.68. The molecule has 0 saturated carbocycles.